The number of anilines is 1. The zero-order chi connectivity index (χ0) is 14.8. The first-order chi connectivity index (χ1) is 10.2. The lowest BCUT2D eigenvalue weighted by atomic mass is 9.90. The van der Waals surface area contributed by atoms with Crippen LogP contribution in [0.3, 0.4) is 0 Å². The number of fused-ring (bicyclic) bond motifs is 1. The smallest absolute Gasteiger partial charge is 0.311 e. The van der Waals surface area contributed by atoms with E-state index in [9.17, 15) is 10.1 Å². The molecule has 0 bridgehead atoms. The molecule has 1 aliphatic rings. The largest absolute Gasteiger partial charge is 0.375 e. The van der Waals surface area contributed by atoms with Crippen LogP contribution in [0.2, 0.25) is 0 Å². The van der Waals surface area contributed by atoms with E-state index in [4.69, 9.17) is 5.73 Å². The van der Waals surface area contributed by atoms with Crippen LogP contribution in [0.15, 0.2) is 30.5 Å². The Balaban J connectivity index is 2.05. The minimum Gasteiger partial charge on any atom is -0.375 e. The van der Waals surface area contributed by atoms with Gasteiger partial charge in [-0.15, -0.1) is 0 Å². The number of hydrogen-bond donors (Lipinski definition) is 2. The second-order valence-corrected chi connectivity index (χ2v) is 5.49. The van der Waals surface area contributed by atoms with Crippen LogP contribution >= 0.6 is 0 Å². The topological polar surface area (TPSA) is 94.1 Å². The van der Waals surface area contributed by atoms with Crippen molar-refractivity contribution in [2.24, 2.45) is 5.73 Å². The Labute approximate surface area is 122 Å². The Bertz CT molecular complexity index is 674. The third-order valence-corrected chi connectivity index (χ3v) is 4.10. The van der Waals surface area contributed by atoms with Gasteiger partial charge in [-0.25, -0.2) is 4.98 Å². The van der Waals surface area contributed by atoms with Gasteiger partial charge in [-0.1, -0.05) is 31.0 Å². The fourth-order valence-electron chi connectivity index (χ4n) is 2.95. The van der Waals surface area contributed by atoms with Gasteiger partial charge in [0.05, 0.1) is 10.4 Å². The van der Waals surface area contributed by atoms with E-state index in [1.165, 1.54) is 6.20 Å². The molecule has 1 heterocycles. The third kappa shape index (κ3) is 2.67. The molecule has 1 aliphatic carbocycles. The van der Waals surface area contributed by atoms with E-state index in [-0.39, 0.29) is 17.8 Å². The fraction of sp³-hybridized carbons (Fsp3) is 0.400. The lowest BCUT2D eigenvalue weighted by molar-refractivity contribution is -0.384. The van der Waals surface area contributed by atoms with Crippen LogP contribution < -0.4 is 11.1 Å². The molecule has 0 radical (unpaired) electrons. The van der Waals surface area contributed by atoms with E-state index in [1.54, 1.807) is 0 Å². The van der Waals surface area contributed by atoms with Crippen molar-refractivity contribution in [1.29, 1.82) is 0 Å². The molecule has 2 aromatic rings. The van der Waals surface area contributed by atoms with Gasteiger partial charge in [0.25, 0.3) is 0 Å². The lowest BCUT2D eigenvalue weighted by Crippen LogP contribution is -2.42. The van der Waals surface area contributed by atoms with Crippen molar-refractivity contribution in [1.82, 2.24) is 4.98 Å². The van der Waals surface area contributed by atoms with Crippen molar-refractivity contribution in [2.45, 2.75) is 37.8 Å². The highest BCUT2D eigenvalue weighted by atomic mass is 16.6. The number of benzene rings is 1. The molecule has 1 saturated carbocycles. The molecular weight excluding hydrogens is 268 g/mol. The van der Waals surface area contributed by atoms with Gasteiger partial charge in [-0.05, 0) is 18.9 Å². The number of aromatic nitrogens is 1. The van der Waals surface area contributed by atoms with Crippen molar-refractivity contribution >= 4 is 22.3 Å². The maximum absolute atomic E-state index is 11.3. The van der Waals surface area contributed by atoms with E-state index < -0.39 is 4.92 Å². The van der Waals surface area contributed by atoms with Crippen molar-refractivity contribution < 1.29 is 4.92 Å². The summed E-state index contributed by atoms with van der Waals surface area (Å²) in [5.41, 5.74) is 7.44. The highest BCUT2D eigenvalue weighted by Crippen LogP contribution is 2.33. The second-order valence-electron chi connectivity index (χ2n) is 5.49. The summed E-state index contributed by atoms with van der Waals surface area (Å²) in [6, 6.07) is 7.54. The predicted octanol–water partition coefficient (Wildman–Crippen LogP) is 2.82. The Hall–Kier alpha value is -2.21. The van der Waals surface area contributed by atoms with Crippen molar-refractivity contribution in [3.8, 4) is 0 Å². The number of nitrogens with one attached hydrogen (secondary N) is 1. The molecule has 0 aliphatic heterocycles. The Morgan fingerprint density at radius 3 is 2.81 bits per heavy atom. The summed E-state index contributed by atoms with van der Waals surface area (Å²) in [5.74, 6) is 0. The number of pyridine rings is 1. The van der Waals surface area contributed by atoms with E-state index in [0.717, 1.165) is 36.6 Å². The molecule has 0 saturated heterocycles. The number of hydrogen-bond acceptors (Lipinski definition) is 5. The molecule has 1 aromatic carbocycles. The summed E-state index contributed by atoms with van der Waals surface area (Å²) in [4.78, 5) is 15.1. The Kier molecular flexibility index (Phi) is 3.70. The number of nitrogens with zero attached hydrogens (tertiary/aromatic N) is 2. The van der Waals surface area contributed by atoms with Gasteiger partial charge >= 0.3 is 5.69 Å². The third-order valence-electron chi connectivity index (χ3n) is 4.10. The van der Waals surface area contributed by atoms with Gasteiger partial charge in [-0.3, -0.25) is 10.1 Å². The van der Waals surface area contributed by atoms with Gasteiger partial charge in [0, 0.05) is 17.5 Å². The average molecular weight is 286 g/mol. The highest BCUT2D eigenvalue weighted by Gasteiger charge is 2.26. The maximum Gasteiger partial charge on any atom is 0.311 e. The van der Waals surface area contributed by atoms with Crippen LogP contribution in [0.25, 0.3) is 10.9 Å². The molecule has 6 heteroatoms. The zero-order valence-electron chi connectivity index (χ0n) is 11.7. The fourth-order valence-corrected chi connectivity index (χ4v) is 2.95. The second kappa shape index (κ2) is 5.65. The van der Waals surface area contributed by atoms with Gasteiger partial charge in [0.1, 0.15) is 11.9 Å². The predicted molar refractivity (Wildman–Crippen MR) is 82.3 cm³/mol. The molecule has 0 unspecified atom stereocenters. The molecule has 0 amide bonds. The summed E-state index contributed by atoms with van der Waals surface area (Å²) in [6.45, 7) is 0. The van der Waals surface area contributed by atoms with Gasteiger partial charge < -0.3 is 11.1 Å². The monoisotopic (exact) mass is 286 g/mol. The van der Waals surface area contributed by atoms with Crippen LogP contribution in [0, 0.1) is 10.1 Å². The van der Waals surface area contributed by atoms with Crippen LogP contribution in [-0.4, -0.2) is 22.0 Å². The molecule has 2 atom stereocenters. The standard InChI is InChI=1S/C15H18N4O2/c16-11-6-2-4-8-13(11)18-15-10-5-1-3-7-12(10)17-9-14(15)19(20)21/h1,3,5,7,9,11,13H,2,4,6,8,16H2,(H,17,18)/t11-,13-/m1/s1. The van der Waals surface area contributed by atoms with E-state index in [1.807, 2.05) is 24.3 Å². The quantitative estimate of drug-likeness (QED) is 0.668. The lowest BCUT2D eigenvalue weighted by Gasteiger charge is -2.30. The SMILES string of the molecule is N[C@@H]1CCCC[C@H]1Nc1c([N+](=O)[O-])cnc2ccccc12. The molecule has 1 aromatic heterocycles. The maximum atomic E-state index is 11.3. The molecule has 6 nitrogen and oxygen atoms in total. The van der Waals surface area contributed by atoms with Crippen molar-refractivity contribution in [2.75, 3.05) is 5.32 Å². The van der Waals surface area contributed by atoms with Gasteiger partial charge in [0.15, 0.2) is 0 Å². The average Bonchev–Trinajstić information content (AvgIpc) is 2.49. The molecule has 21 heavy (non-hydrogen) atoms. The molecule has 3 rings (SSSR count). The van der Waals surface area contributed by atoms with Crippen LogP contribution in [0.5, 0.6) is 0 Å². The minimum absolute atomic E-state index is 0.00599. The van der Waals surface area contributed by atoms with Crippen molar-refractivity contribution in [3.05, 3.63) is 40.6 Å². The number of rotatable bonds is 3. The molecule has 3 N–H and O–H groups in total. The highest BCUT2D eigenvalue weighted by molar-refractivity contribution is 5.95. The van der Waals surface area contributed by atoms with Crippen molar-refractivity contribution in [3.63, 3.8) is 0 Å². The molecule has 1 fully saturated rings. The minimum atomic E-state index is -0.393. The Morgan fingerprint density at radius 1 is 1.29 bits per heavy atom. The summed E-state index contributed by atoms with van der Waals surface area (Å²) in [7, 11) is 0. The van der Waals surface area contributed by atoms with E-state index in [0.29, 0.717) is 5.69 Å². The molecule has 110 valence electrons. The Morgan fingerprint density at radius 2 is 2.05 bits per heavy atom. The molecule has 0 spiro atoms. The molecular formula is C15H18N4O2. The summed E-state index contributed by atoms with van der Waals surface area (Å²) in [6.07, 6.45) is 5.43. The van der Waals surface area contributed by atoms with Crippen LogP contribution in [-0.2, 0) is 0 Å². The first kappa shape index (κ1) is 13.8. The number of nitrogens with two attached hydrogens (primary N) is 1. The van der Waals surface area contributed by atoms with Gasteiger partial charge in [0.2, 0.25) is 0 Å². The first-order valence-corrected chi connectivity index (χ1v) is 7.21. The van der Waals surface area contributed by atoms with E-state index >= 15 is 0 Å². The van der Waals surface area contributed by atoms with Crippen LogP contribution in [0.1, 0.15) is 25.7 Å². The zero-order valence-corrected chi connectivity index (χ0v) is 11.7. The van der Waals surface area contributed by atoms with Gasteiger partial charge in [-0.2, -0.15) is 0 Å². The number of para-hydroxylation sites is 1. The van der Waals surface area contributed by atoms with E-state index in [2.05, 4.69) is 10.3 Å². The summed E-state index contributed by atoms with van der Waals surface area (Å²) >= 11 is 0. The summed E-state index contributed by atoms with van der Waals surface area (Å²) < 4.78 is 0. The van der Waals surface area contributed by atoms with Crippen LogP contribution in [0.4, 0.5) is 11.4 Å². The summed E-state index contributed by atoms with van der Waals surface area (Å²) in [5, 5.41) is 15.4. The first-order valence-electron chi connectivity index (χ1n) is 7.21. The number of nitro groups is 1. The normalized spacial score (nSPS) is 22.1.